The molecule has 5 heteroatoms. The van der Waals surface area contributed by atoms with Crippen LogP contribution in [0.5, 0.6) is 11.5 Å². The molecule has 0 saturated carbocycles. The standard InChI is InChI=1S/C16H17NO3S/c1-10-8-13(18)14(19)9-11(10)6-7-17-16(20)12-4-2-3-5-15(12)21/h2-5,8-9,18-19,21H,6-7H2,1H3,(H,17,20). The number of phenolic OH excluding ortho intramolecular Hbond substituents is 2. The minimum absolute atomic E-state index is 0.135. The van der Waals surface area contributed by atoms with E-state index in [0.717, 1.165) is 11.1 Å². The van der Waals surface area contributed by atoms with Gasteiger partial charge in [-0.25, -0.2) is 0 Å². The lowest BCUT2D eigenvalue weighted by Crippen LogP contribution is -2.26. The van der Waals surface area contributed by atoms with Gasteiger partial charge in [0.15, 0.2) is 11.5 Å². The molecule has 0 aliphatic rings. The summed E-state index contributed by atoms with van der Waals surface area (Å²) in [7, 11) is 0. The van der Waals surface area contributed by atoms with Crippen LogP contribution in [-0.4, -0.2) is 22.7 Å². The van der Waals surface area contributed by atoms with Crippen molar-refractivity contribution in [2.24, 2.45) is 0 Å². The minimum atomic E-state index is -0.179. The number of aryl methyl sites for hydroxylation is 1. The van der Waals surface area contributed by atoms with E-state index in [2.05, 4.69) is 17.9 Å². The molecule has 0 aromatic heterocycles. The van der Waals surface area contributed by atoms with Crippen LogP contribution in [-0.2, 0) is 6.42 Å². The first-order valence-electron chi connectivity index (χ1n) is 6.56. The van der Waals surface area contributed by atoms with Crippen molar-refractivity contribution in [3.05, 3.63) is 53.1 Å². The molecule has 1 amide bonds. The summed E-state index contributed by atoms with van der Waals surface area (Å²) < 4.78 is 0. The number of nitrogens with one attached hydrogen (secondary N) is 1. The van der Waals surface area contributed by atoms with Gasteiger partial charge in [-0.1, -0.05) is 12.1 Å². The van der Waals surface area contributed by atoms with Gasteiger partial charge in [0.2, 0.25) is 0 Å². The fourth-order valence-electron chi connectivity index (χ4n) is 2.07. The molecule has 0 radical (unpaired) electrons. The Bertz CT molecular complexity index is 671. The first kappa shape index (κ1) is 15.3. The minimum Gasteiger partial charge on any atom is -0.504 e. The average molecular weight is 303 g/mol. The normalized spacial score (nSPS) is 10.4. The van der Waals surface area contributed by atoms with Crippen LogP contribution in [0, 0.1) is 6.92 Å². The van der Waals surface area contributed by atoms with Crippen LogP contribution in [0.4, 0.5) is 0 Å². The Labute approximate surface area is 128 Å². The Morgan fingerprint density at radius 3 is 2.57 bits per heavy atom. The third-order valence-electron chi connectivity index (χ3n) is 3.26. The van der Waals surface area contributed by atoms with E-state index in [1.165, 1.54) is 12.1 Å². The SMILES string of the molecule is Cc1cc(O)c(O)cc1CCNC(=O)c1ccccc1S. The summed E-state index contributed by atoms with van der Waals surface area (Å²) in [6.07, 6.45) is 0.570. The molecule has 4 nitrogen and oxygen atoms in total. The second-order valence-electron chi connectivity index (χ2n) is 4.79. The van der Waals surface area contributed by atoms with Crippen molar-refractivity contribution in [1.29, 1.82) is 0 Å². The number of phenols is 2. The molecule has 0 saturated heterocycles. The van der Waals surface area contributed by atoms with Gasteiger partial charge in [-0.05, 0) is 48.7 Å². The molecule has 0 aliphatic carbocycles. The summed E-state index contributed by atoms with van der Waals surface area (Å²) in [4.78, 5) is 12.6. The van der Waals surface area contributed by atoms with Gasteiger partial charge in [0, 0.05) is 11.4 Å². The van der Waals surface area contributed by atoms with Crippen molar-refractivity contribution in [2.45, 2.75) is 18.2 Å². The van der Waals surface area contributed by atoms with Gasteiger partial charge >= 0.3 is 0 Å². The zero-order chi connectivity index (χ0) is 15.4. The van der Waals surface area contributed by atoms with Gasteiger partial charge in [0.25, 0.3) is 5.91 Å². The average Bonchev–Trinajstić information content (AvgIpc) is 2.44. The molecule has 0 aliphatic heterocycles. The van der Waals surface area contributed by atoms with Gasteiger partial charge < -0.3 is 15.5 Å². The van der Waals surface area contributed by atoms with E-state index in [1.807, 2.05) is 13.0 Å². The maximum Gasteiger partial charge on any atom is 0.252 e. The van der Waals surface area contributed by atoms with E-state index >= 15 is 0 Å². The Hall–Kier alpha value is -2.14. The molecular weight excluding hydrogens is 286 g/mol. The van der Waals surface area contributed by atoms with Crippen LogP contribution >= 0.6 is 12.6 Å². The lowest BCUT2D eigenvalue weighted by molar-refractivity contribution is 0.0951. The topological polar surface area (TPSA) is 69.6 Å². The summed E-state index contributed by atoms with van der Waals surface area (Å²) in [6.45, 7) is 2.28. The van der Waals surface area contributed by atoms with Crippen molar-refractivity contribution >= 4 is 18.5 Å². The number of rotatable bonds is 4. The lowest BCUT2D eigenvalue weighted by atomic mass is 10.0. The summed E-state index contributed by atoms with van der Waals surface area (Å²) in [5, 5.41) is 21.7. The Morgan fingerprint density at radius 1 is 1.19 bits per heavy atom. The Balaban J connectivity index is 1.97. The number of aromatic hydroxyl groups is 2. The first-order chi connectivity index (χ1) is 9.99. The van der Waals surface area contributed by atoms with Crippen LogP contribution in [0.15, 0.2) is 41.3 Å². The van der Waals surface area contributed by atoms with Gasteiger partial charge in [-0.15, -0.1) is 12.6 Å². The lowest BCUT2D eigenvalue weighted by Gasteiger charge is -2.10. The number of thiol groups is 1. The molecule has 2 aromatic carbocycles. The molecule has 3 N–H and O–H groups in total. The van der Waals surface area contributed by atoms with E-state index in [4.69, 9.17) is 0 Å². The monoisotopic (exact) mass is 303 g/mol. The summed E-state index contributed by atoms with van der Waals surface area (Å²) in [5.41, 5.74) is 2.28. The van der Waals surface area contributed by atoms with Crippen molar-refractivity contribution in [1.82, 2.24) is 5.32 Å². The highest BCUT2D eigenvalue weighted by molar-refractivity contribution is 7.80. The van der Waals surface area contributed by atoms with Crippen LogP contribution in [0.3, 0.4) is 0 Å². The number of hydrogen-bond acceptors (Lipinski definition) is 4. The third-order valence-corrected chi connectivity index (χ3v) is 3.65. The maximum absolute atomic E-state index is 12.0. The molecule has 2 rings (SSSR count). The van der Waals surface area contributed by atoms with Crippen LogP contribution in [0.2, 0.25) is 0 Å². The predicted octanol–water partition coefficient (Wildman–Crippen LogP) is 2.67. The van der Waals surface area contributed by atoms with Crippen molar-refractivity contribution in [2.75, 3.05) is 6.54 Å². The highest BCUT2D eigenvalue weighted by atomic mass is 32.1. The van der Waals surface area contributed by atoms with E-state index < -0.39 is 0 Å². The zero-order valence-electron chi connectivity index (χ0n) is 11.6. The predicted molar refractivity (Wildman–Crippen MR) is 84.2 cm³/mol. The van der Waals surface area contributed by atoms with E-state index in [1.54, 1.807) is 18.2 Å². The fourth-order valence-corrected chi connectivity index (χ4v) is 2.33. The van der Waals surface area contributed by atoms with E-state index in [-0.39, 0.29) is 17.4 Å². The van der Waals surface area contributed by atoms with Gasteiger partial charge in [-0.3, -0.25) is 4.79 Å². The zero-order valence-corrected chi connectivity index (χ0v) is 12.5. The molecule has 0 atom stereocenters. The second kappa shape index (κ2) is 6.54. The second-order valence-corrected chi connectivity index (χ2v) is 5.27. The van der Waals surface area contributed by atoms with Crippen LogP contribution in [0.25, 0.3) is 0 Å². The molecule has 110 valence electrons. The quantitative estimate of drug-likeness (QED) is 0.518. The summed E-state index contributed by atoms with van der Waals surface area (Å²) in [5.74, 6) is -0.465. The Morgan fingerprint density at radius 2 is 1.86 bits per heavy atom. The maximum atomic E-state index is 12.0. The van der Waals surface area contributed by atoms with Crippen molar-refractivity contribution < 1.29 is 15.0 Å². The first-order valence-corrected chi connectivity index (χ1v) is 7.01. The molecule has 21 heavy (non-hydrogen) atoms. The number of benzene rings is 2. The van der Waals surface area contributed by atoms with Crippen LogP contribution in [0.1, 0.15) is 21.5 Å². The highest BCUT2D eigenvalue weighted by Gasteiger charge is 2.09. The molecular formula is C16H17NO3S. The number of carbonyl (C=O) groups is 1. The fraction of sp³-hybridized carbons (Fsp3) is 0.188. The smallest absolute Gasteiger partial charge is 0.252 e. The van der Waals surface area contributed by atoms with Gasteiger partial charge in [0.05, 0.1) is 5.56 Å². The molecule has 2 aromatic rings. The third kappa shape index (κ3) is 3.70. The number of amides is 1. The molecule has 0 unspecified atom stereocenters. The molecule has 0 fully saturated rings. The van der Waals surface area contributed by atoms with Crippen molar-refractivity contribution in [3.63, 3.8) is 0 Å². The highest BCUT2D eigenvalue weighted by Crippen LogP contribution is 2.28. The van der Waals surface area contributed by atoms with E-state index in [9.17, 15) is 15.0 Å². The summed E-state index contributed by atoms with van der Waals surface area (Å²) in [6, 6.07) is 10.1. The summed E-state index contributed by atoms with van der Waals surface area (Å²) >= 11 is 4.25. The van der Waals surface area contributed by atoms with Crippen molar-refractivity contribution in [3.8, 4) is 11.5 Å². The van der Waals surface area contributed by atoms with Gasteiger partial charge in [0.1, 0.15) is 0 Å². The number of hydrogen-bond donors (Lipinski definition) is 4. The largest absolute Gasteiger partial charge is 0.504 e. The number of carbonyl (C=O) groups excluding carboxylic acids is 1. The van der Waals surface area contributed by atoms with E-state index in [0.29, 0.717) is 23.4 Å². The molecule has 0 heterocycles. The molecule has 0 spiro atoms. The van der Waals surface area contributed by atoms with Gasteiger partial charge in [-0.2, -0.15) is 0 Å². The van der Waals surface area contributed by atoms with Crippen LogP contribution < -0.4 is 5.32 Å². The Kier molecular flexibility index (Phi) is 4.75. The molecule has 0 bridgehead atoms.